The summed E-state index contributed by atoms with van der Waals surface area (Å²) in [5, 5.41) is 0. The van der Waals surface area contributed by atoms with E-state index in [2.05, 4.69) is 20.8 Å². The standard InChI is InChI=1S/C12H22O2/c1-4-11(5-2)12(13-6-3)8-7-10(12)9-14-11/h10H,4-9H2,1-3H3/t10-,12+/m1/s1. The molecule has 1 aliphatic heterocycles. The first-order valence-electron chi connectivity index (χ1n) is 6.02. The lowest BCUT2D eigenvalue weighted by molar-refractivity contribution is -0.198. The molecule has 2 atom stereocenters. The summed E-state index contributed by atoms with van der Waals surface area (Å²) >= 11 is 0. The normalized spacial score (nSPS) is 39.2. The summed E-state index contributed by atoms with van der Waals surface area (Å²) in [7, 11) is 0. The zero-order valence-electron chi connectivity index (χ0n) is 9.64. The number of rotatable bonds is 4. The first-order chi connectivity index (χ1) is 6.74. The highest BCUT2D eigenvalue weighted by molar-refractivity contribution is 5.15. The Hall–Kier alpha value is -0.0800. The van der Waals surface area contributed by atoms with Crippen molar-refractivity contribution in [1.82, 2.24) is 0 Å². The van der Waals surface area contributed by atoms with E-state index >= 15 is 0 Å². The molecule has 2 fully saturated rings. The summed E-state index contributed by atoms with van der Waals surface area (Å²) in [5.41, 5.74) is 0.0944. The maximum atomic E-state index is 6.06. The van der Waals surface area contributed by atoms with Crippen molar-refractivity contribution >= 4 is 0 Å². The lowest BCUT2D eigenvalue weighted by atomic mass is 9.61. The third-order valence-electron chi connectivity index (χ3n) is 4.40. The summed E-state index contributed by atoms with van der Waals surface area (Å²) in [4.78, 5) is 0. The molecule has 0 N–H and O–H groups in total. The first kappa shape index (κ1) is 10.4. The van der Waals surface area contributed by atoms with Gasteiger partial charge in [-0.1, -0.05) is 13.8 Å². The van der Waals surface area contributed by atoms with Crippen LogP contribution in [0.5, 0.6) is 0 Å². The summed E-state index contributed by atoms with van der Waals surface area (Å²) in [6, 6.07) is 0. The van der Waals surface area contributed by atoms with Gasteiger partial charge in [0.2, 0.25) is 0 Å². The fraction of sp³-hybridized carbons (Fsp3) is 1.00. The van der Waals surface area contributed by atoms with Gasteiger partial charge in [0.1, 0.15) is 5.60 Å². The molecular formula is C12H22O2. The Labute approximate surface area is 87.0 Å². The molecule has 0 spiro atoms. The van der Waals surface area contributed by atoms with E-state index in [1.165, 1.54) is 12.8 Å². The van der Waals surface area contributed by atoms with Gasteiger partial charge < -0.3 is 9.47 Å². The minimum Gasteiger partial charge on any atom is -0.372 e. The van der Waals surface area contributed by atoms with Crippen molar-refractivity contribution in [3.63, 3.8) is 0 Å². The molecule has 14 heavy (non-hydrogen) atoms. The average Bonchev–Trinajstić information content (AvgIpc) is 2.39. The van der Waals surface area contributed by atoms with Crippen LogP contribution in [0.25, 0.3) is 0 Å². The van der Waals surface area contributed by atoms with Gasteiger partial charge in [0.15, 0.2) is 0 Å². The van der Waals surface area contributed by atoms with E-state index < -0.39 is 0 Å². The van der Waals surface area contributed by atoms with Crippen molar-refractivity contribution in [3.05, 3.63) is 0 Å². The van der Waals surface area contributed by atoms with Gasteiger partial charge in [-0.3, -0.25) is 0 Å². The summed E-state index contributed by atoms with van der Waals surface area (Å²) in [6.45, 7) is 8.29. The van der Waals surface area contributed by atoms with E-state index in [0.29, 0.717) is 5.92 Å². The highest BCUT2D eigenvalue weighted by Gasteiger charge is 2.65. The Bertz CT molecular complexity index is 210. The highest BCUT2D eigenvalue weighted by atomic mass is 16.6. The van der Waals surface area contributed by atoms with Gasteiger partial charge in [-0.2, -0.15) is 0 Å². The van der Waals surface area contributed by atoms with E-state index in [1.807, 2.05) is 0 Å². The predicted molar refractivity (Wildman–Crippen MR) is 56.3 cm³/mol. The maximum Gasteiger partial charge on any atom is 0.102 e. The molecule has 1 saturated carbocycles. The molecule has 2 rings (SSSR count). The Kier molecular flexibility index (Phi) is 2.61. The molecule has 2 heteroatoms. The molecule has 1 saturated heterocycles. The summed E-state index contributed by atoms with van der Waals surface area (Å²) in [5.74, 6) is 0.669. The Morgan fingerprint density at radius 1 is 1.29 bits per heavy atom. The molecule has 1 heterocycles. The number of hydrogen-bond donors (Lipinski definition) is 0. The number of fused-ring (bicyclic) bond motifs is 1. The smallest absolute Gasteiger partial charge is 0.102 e. The fourth-order valence-electron chi connectivity index (χ4n) is 3.44. The Morgan fingerprint density at radius 3 is 2.43 bits per heavy atom. The molecule has 0 amide bonds. The third-order valence-corrected chi connectivity index (χ3v) is 4.40. The molecular weight excluding hydrogens is 176 g/mol. The molecule has 1 aliphatic carbocycles. The zero-order chi connectivity index (χ0) is 10.2. The topological polar surface area (TPSA) is 18.5 Å². The van der Waals surface area contributed by atoms with Gasteiger partial charge in [0.05, 0.1) is 12.2 Å². The van der Waals surface area contributed by atoms with E-state index in [-0.39, 0.29) is 11.2 Å². The van der Waals surface area contributed by atoms with Crippen LogP contribution in [0, 0.1) is 5.92 Å². The van der Waals surface area contributed by atoms with Gasteiger partial charge in [-0.05, 0) is 32.6 Å². The molecule has 0 aromatic carbocycles. The Morgan fingerprint density at radius 2 is 2.00 bits per heavy atom. The van der Waals surface area contributed by atoms with Crippen molar-refractivity contribution in [1.29, 1.82) is 0 Å². The van der Waals surface area contributed by atoms with E-state index in [4.69, 9.17) is 9.47 Å². The first-order valence-corrected chi connectivity index (χ1v) is 6.02. The second-order valence-corrected chi connectivity index (χ2v) is 4.57. The minimum absolute atomic E-state index is 0.0198. The van der Waals surface area contributed by atoms with Crippen LogP contribution in [0.1, 0.15) is 46.5 Å². The molecule has 0 aromatic rings. The van der Waals surface area contributed by atoms with Crippen molar-refractivity contribution in [2.75, 3.05) is 13.2 Å². The SMILES string of the molecule is CCO[C@@]12CC[C@@H]1COC2(CC)CC. The van der Waals surface area contributed by atoms with Gasteiger partial charge in [-0.15, -0.1) is 0 Å². The highest BCUT2D eigenvalue weighted by Crippen LogP contribution is 2.57. The number of hydrogen-bond acceptors (Lipinski definition) is 2. The summed E-state index contributed by atoms with van der Waals surface area (Å²) in [6.07, 6.45) is 4.66. The van der Waals surface area contributed by atoms with Crippen molar-refractivity contribution < 1.29 is 9.47 Å². The third kappa shape index (κ3) is 1.04. The molecule has 0 unspecified atom stereocenters. The monoisotopic (exact) mass is 198 g/mol. The predicted octanol–water partition coefficient (Wildman–Crippen LogP) is 2.76. The molecule has 2 aliphatic rings. The van der Waals surface area contributed by atoms with E-state index in [9.17, 15) is 0 Å². The van der Waals surface area contributed by atoms with E-state index in [0.717, 1.165) is 26.1 Å². The maximum absolute atomic E-state index is 6.06. The van der Waals surface area contributed by atoms with E-state index in [1.54, 1.807) is 0 Å². The van der Waals surface area contributed by atoms with Gasteiger partial charge >= 0.3 is 0 Å². The molecule has 0 radical (unpaired) electrons. The van der Waals surface area contributed by atoms with Crippen molar-refractivity contribution in [2.45, 2.75) is 57.7 Å². The van der Waals surface area contributed by atoms with Crippen LogP contribution in [0.3, 0.4) is 0 Å². The van der Waals surface area contributed by atoms with Gasteiger partial charge in [0.25, 0.3) is 0 Å². The van der Waals surface area contributed by atoms with Crippen LogP contribution >= 0.6 is 0 Å². The van der Waals surface area contributed by atoms with Crippen molar-refractivity contribution in [3.8, 4) is 0 Å². The van der Waals surface area contributed by atoms with Crippen LogP contribution in [-0.4, -0.2) is 24.4 Å². The fourth-order valence-corrected chi connectivity index (χ4v) is 3.44. The lowest BCUT2D eigenvalue weighted by Gasteiger charge is -2.52. The Balaban J connectivity index is 2.24. The molecule has 2 nitrogen and oxygen atoms in total. The van der Waals surface area contributed by atoms with Crippen LogP contribution in [0.4, 0.5) is 0 Å². The largest absolute Gasteiger partial charge is 0.372 e. The number of ether oxygens (including phenoxy) is 2. The second-order valence-electron chi connectivity index (χ2n) is 4.57. The zero-order valence-corrected chi connectivity index (χ0v) is 9.64. The van der Waals surface area contributed by atoms with Gasteiger partial charge in [0, 0.05) is 12.5 Å². The quantitative estimate of drug-likeness (QED) is 0.691. The second kappa shape index (κ2) is 3.49. The van der Waals surface area contributed by atoms with Crippen LogP contribution < -0.4 is 0 Å². The van der Waals surface area contributed by atoms with Crippen molar-refractivity contribution in [2.24, 2.45) is 5.92 Å². The minimum atomic E-state index is 0.0198. The molecule has 0 bridgehead atoms. The van der Waals surface area contributed by atoms with Crippen LogP contribution in [0.2, 0.25) is 0 Å². The molecule has 82 valence electrons. The summed E-state index contributed by atoms with van der Waals surface area (Å²) < 4.78 is 12.1. The molecule has 0 aromatic heterocycles. The van der Waals surface area contributed by atoms with Crippen LogP contribution in [-0.2, 0) is 9.47 Å². The van der Waals surface area contributed by atoms with Gasteiger partial charge in [-0.25, -0.2) is 0 Å². The van der Waals surface area contributed by atoms with Crippen LogP contribution in [0.15, 0.2) is 0 Å². The average molecular weight is 198 g/mol. The lowest BCUT2D eigenvalue weighted by Crippen LogP contribution is -2.60.